The number of anilines is 1. The van der Waals surface area contributed by atoms with Crippen LogP contribution in [0, 0.1) is 0 Å². The van der Waals surface area contributed by atoms with E-state index in [1.165, 1.54) is 11.3 Å². The number of halogens is 1. The second-order valence-electron chi connectivity index (χ2n) is 4.21. The van der Waals surface area contributed by atoms with Crippen molar-refractivity contribution in [1.82, 2.24) is 10.2 Å². The van der Waals surface area contributed by atoms with E-state index in [2.05, 4.69) is 15.5 Å². The molecular formula is C15H10ClN3OS. The number of hydrogen-bond donors (Lipinski definition) is 1. The zero-order valence-corrected chi connectivity index (χ0v) is 12.4. The van der Waals surface area contributed by atoms with Gasteiger partial charge in [-0.2, -0.15) is 0 Å². The van der Waals surface area contributed by atoms with Crippen molar-refractivity contribution in [2.45, 2.75) is 0 Å². The lowest BCUT2D eigenvalue weighted by Crippen LogP contribution is -2.12. The molecule has 1 aromatic heterocycles. The summed E-state index contributed by atoms with van der Waals surface area (Å²) in [5, 5.41) is 12.4. The molecule has 4 nitrogen and oxygen atoms in total. The van der Waals surface area contributed by atoms with Crippen molar-refractivity contribution in [3.8, 4) is 10.6 Å². The highest BCUT2D eigenvalue weighted by Gasteiger charge is 2.13. The van der Waals surface area contributed by atoms with Crippen LogP contribution in [0.3, 0.4) is 0 Å². The predicted molar refractivity (Wildman–Crippen MR) is 84.8 cm³/mol. The molecule has 0 radical (unpaired) electrons. The summed E-state index contributed by atoms with van der Waals surface area (Å²) in [5.41, 5.74) is 1.38. The molecule has 0 atom stereocenters. The summed E-state index contributed by atoms with van der Waals surface area (Å²) in [6.45, 7) is 0. The molecule has 1 heterocycles. The van der Waals surface area contributed by atoms with Crippen molar-refractivity contribution in [3.05, 3.63) is 65.2 Å². The lowest BCUT2D eigenvalue weighted by Gasteiger charge is -2.02. The third-order valence-corrected chi connectivity index (χ3v) is 4.00. The van der Waals surface area contributed by atoms with Crippen molar-refractivity contribution in [2.24, 2.45) is 0 Å². The first-order valence-corrected chi connectivity index (χ1v) is 7.38. The molecule has 0 aliphatic heterocycles. The average molecular weight is 316 g/mol. The van der Waals surface area contributed by atoms with Crippen LogP contribution in [0.5, 0.6) is 0 Å². The van der Waals surface area contributed by atoms with Gasteiger partial charge in [0.15, 0.2) is 0 Å². The molecule has 0 aliphatic carbocycles. The van der Waals surface area contributed by atoms with Crippen LogP contribution < -0.4 is 5.32 Å². The number of nitrogens with one attached hydrogen (secondary N) is 1. The fourth-order valence-corrected chi connectivity index (χ4v) is 2.75. The molecule has 2 aromatic carbocycles. The summed E-state index contributed by atoms with van der Waals surface area (Å²) in [7, 11) is 0. The Balaban J connectivity index is 1.79. The van der Waals surface area contributed by atoms with Gasteiger partial charge < -0.3 is 0 Å². The second kappa shape index (κ2) is 6.03. The highest BCUT2D eigenvalue weighted by Crippen LogP contribution is 2.26. The van der Waals surface area contributed by atoms with Gasteiger partial charge in [0, 0.05) is 5.56 Å². The van der Waals surface area contributed by atoms with Crippen LogP contribution in [-0.4, -0.2) is 16.1 Å². The van der Waals surface area contributed by atoms with E-state index in [9.17, 15) is 4.79 Å². The monoisotopic (exact) mass is 315 g/mol. The Morgan fingerprint density at radius 1 is 1.00 bits per heavy atom. The molecule has 0 saturated heterocycles. The fourth-order valence-electron chi connectivity index (χ4n) is 1.78. The van der Waals surface area contributed by atoms with Crippen molar-refractivity contribution in [3.63, 3.8) is 0 Å². The minimum Gasteiger partial charge on any atom is -0.296 e. The maximum atomic E-state index is 12.1. The van der Waals surface area contributed by atoms with Gasteiger partial charge in [-0.15, -0.1) is 10.2 Å². The second-order valence-corrected chi connectivity index (χ2v) is 5.60. The number of hydrogen-bond acceptors (Lipinski definition) is 4. The van der Waals surface area contributed by atoms with Gasteiger partial charge in [-0.3, -0.25) is 10.1 Å². The quantitative estimate of drug-likeness (QED) is 0.791. The molecule has 0 unspecified atom stereocenters. The fraction of sp³-hybridized carbons (Fsp3) is 0. The molecule has 1 amide bonds. The minimum absolute atomic E-state index is 0.295. The SMILES string of the molecule is O=C(Nc1nnc(-c2ccccc2)s1)c1ccccc1Cl. The molecule has 1 N–H and O–H groups in total. The van der Waals surface area contributed by atoms with Gasteiger partial charge in [0.1, 0.15) is 5.01 Å². The molecule has 0 aliphatic rings. The van der Waals surface area contributed by atoms with Gasteiger partial charge in [-0.1, -0.05) is 65.4 Å². The van der Waals surface area contributed by atoms with Crippen molar-refractivity contribution < 1.29 is 4.79 Å². The summed E-state index contributed by atoms with van der Waals surface area (Å²) in [6, 6.07) is 16.6. The number of aromatic nitrogens is 2. The third-order valence-electron chi connectivity index (χ3n) is 2.78. The van der Waals surface area contributed by atoms with Crippen molar-refractivity contribution in [1.29, 1.82) is 0 Å². The van der Waals surface area contributed by atoms with Gasteiger partial charge in [0.2, 0.25) is 5.13 Å². The van der Waals surface area contributed by atoms with Gasteiger partial charge >= 0.3 is 0 Å². The first-order valence-electron chi connectivity index (χ1n) is 6.19. The van der Waals surface area contributed by atoms with Crippen LogP contribution in [0.25, 0.3) is 10.6 Å². The third kappa shape index (κ3) is 3.09. The summed E-state index contributed by atoms with van der Waals surface area (Å²) in [5.74, 6) is -0.295. The zero-order valence-electron chi connectivity index (χ0n) is 10.8. The number of nitrogens with zero attached hydrogens (tertiary/aromatic N) is 2. The maximum Gasteiger partial charge on any atom is 0.259 e. The van der Waals surface area contributed by atoms with Crippen molar-refractivity contribution >= 4 is 34.0 Å². The predicted octanol–water partition coefficient (Wildman–Crippen LogP) is 4.11. The summed E-state index contributed by atoms with van der Waals surface area (Å²) >= 11 is 7.31. The molecule has 0 fully saturated rings. The molecule has 0 spiro atoms. The highest BCUT2D eigenvalue weighted by atomic mass is 35.5. The van der Waals surface area contributed by atoms with Crippen LogP contribution in [0.15, 0.2) is 54.6 Å². The van der Waals surface area contributed by atoms with Gasteiger partial charge in [0.05, 0.1) is 10.6 Å². The Labute approximate surface area is 130 Å². The number of carbonyl (C=O) groups excluding carboxylic acids is 1. The van der Waals surface area contributed by atoms with Gasteiger partial charge in [0.25, 0.3) is 5.91 Å². The van der Waals surface area contributed by atoms with Crippen LogP contribution in [-0.2, 0) is 0 Å². The van der Waals surface area contributed by atoms with E-state index in [0.717, 1.165) is 10.6 Å². The minimum atomic E-state index is -0.295. The highest BCUT2D eigenvalue weighted by molar-refractivity contribution is 7.18. The normalized spacial score (nSPS) is 10.3. The van der Waals surface area contributed by atoms with E-state index in [4.69, 9.17) is 11.6 Å². The van der Waals surface area contributed by atoms with E-state index in [1.807, 2.05) is 30.3 Å². The van der Waals surface area contributed by atoms with Gasteiger partial charge in [-0.05, 0) is 12.1 Å². The molecule has 3 rings (SSSR count). The maximum absolute atomic E-state index is 12.1. The number of amides is 1. The molecule has 3 aromatic rings. The van der Waals surface area contributed by atoms with Crippen LogP contribution in [0.4, 0.5) is 5.13 Å². The number of carbonyl (C=O) groups is 1. The van der Waals surface area contributed by atoms with E-state index in [0.29, 0.717) is 15.7 Å². The van der Waals surface area contributed by atoms with E-state index < -0.39 is 0 Å². The molecule has 104 valence electrons. The molecular weight excluding hydrogens is 306 g/mol. The van der Waals surface area contributed by atoms with E-state index in [1.54, 1.807) is 24.3 Å². The summed E-state index contributed by atoms with van der Waals surface area (Å²) in [6.07, 6.45) is 0. The molecule has 0 bridgehead atoms. The van der Waals surface area contributed by atoms with Crippen LogP contribution in [0.1, 0.15) is 10.4 Å². The molecule has 0 saturated carbocycles. The van der Waals surface area contributed by atoms with E-state index >= 15 is 0 Å². The summed E-state index contributed by atoms with van der Waals surface area (Å²) in [4.78, 5) is 12.1. The largest absolute Gasteiger partial charge is 0.296 e. The summed E-state index contributed by atoms with van der Waals surface area (Å²) < 4.78 is 0. The molecule has 21 heavy (non-hydrogen) atoms. The lowest BCUT2D eigenvalue weighted by molar-refractivity contribution is 0.102. The Morgan fingerprint density at radius 3 is 2.48 bits per heavy atom. The Kier molecular flexibility index (Phi) is 3.94. The standard InChI is InChI=1S/C15H10ClN3OS/c16-12-9-5-4-8-11(12)13(20)17-15-19-18-14(21-15)10-6-2-1-3-7-10/h1-9H,(H,17,19,20). The zero-order chi connectivity index (χ0) is 14.7. The smallest absolute Gasteiger partial charge is 0.259 e. The van der Waals surface area contributed by atoms with Crippen LogP contribution >= 0.6 is 22.9 Å². The Bertz CT molecular complexity index is 773. The topological polar surface area (TPSA) is 54.9 Å². The van der Waals surface area contributed by atoms with Crippen LogP contribution in [0.2, 0.25) is 5.02 Å². The van der Waals surface area contributed by atoms with Crippen molar-refractivity contribution in [2.75, 3.05) is 5.32 Å². The first-order chi connectivity index (χ1) is 10.2. The van der Waals surface area contributed by atoms with Gasteiger partial charge in [-0.25, -0.2) is 0 Å². The Hall–Kier alpha value is -2.24. The Morgan fingerprint density at radius 2 is 1.71 bits per heavy atom. The number of benzene rings is 2. The lowest BCUT2D eigenvalue weighted by atomic mass is 10.2. The average Bonchev–Trinajstić information content (AvgIpc) is 2.97. The first kappa shape index (κ1) is 13.7. The molecule has 6 heteroatoms. The number of rotatable bonds is 3. The van der Waals surface area contributed by atoms with E-state index in [-0.39, 0.29) is 5.91 Å².